The molecule has 1 heterocycles. The number of rotatable bonds is 4. The minimum Gasteiger partial charge on any atom is -0.488 e. The maximum absolute atomic E-state index is 10.8. The minimum absolute atomic E-state index is 0.225. The van der Waals surface area contributed by atoms with Crippen LogP contribution >= 0.6 is 11.3 Å². The van der Waals surface area contributed by atoms with Gasteiger partial charge in [0.1, 0.15) is 12.4 Å². The first-order valence-electron chi connectivity index (χ1n) is 5.02. The second-order valence-corrected chi connectivity index (χ2v) is 4.42. The van der Waals surface area contributed by atoms with Crippen molar-refractivity contribution >= 4 is 17.3 Å². The fourth-order valence-corrected chi connectivity index (χ4v) is 2.02. The van der Waals surface area contributed by atoms with Gasteiger partial charge < -0.3 is 9.84 Å². The average molecular weight is 249 g/mol. The highest BCUT2D eigenvalue weighted by Gasteiger charge is 2.05. The highest BCUT2D eigenvalue weighted by molar-refractivity contribution is 7.09. The Morgan fingerprint density at radius 2 is 2.35 bits per heavy atom. The fourth-order valence-electron chi connectivity index (χ4n) is 1.33. The molecule has 0 amide bonds. The van der Waals surface area contributed by atoms with E-state index in [0.29, 0.717) is 12.4 Å². The lowest BCUT2D eigenvalue weighted by Crippen LogP contribution is -1.99. The van der Waals surface area contributed by atoms with Crippen molar-refractivity contribution in [3.05, 3.63) is 45.9 Å². The van der Waals surface area contributed by atoms with Gasteiger partial charge >= 0.3 is 5.97 Å². The van der Waals surface area contributed by atoms with Crippen LogP contribution < -0.4 is 4.74 Å². The van der Waals surface area contributed by atoms with Crippen molar-refractivity contribution in [3.8, 4) is 5.75 Å². The highest BCUT2D eigenvalue weighted by atomic mass is 32.1. The van der Waals surface area contributed by atoms with Crippen LogP contribution in [0.5, 0.6) is 5.75 Å². The highest BCUT2D eigenvalue weighted by Crippen LogP contribution is 2.18. The first kappa shape index (κ1) is 11.6. The standard InChI is InChI=1S/C12H11NO3S/c1-8-11(17-7-13-8)6-16-10-4-2-3-9(5-10)12(14)15/h2-5,7H,6H2,1H3,(H,14,15). The number of hydrogen-bond donors (Lipinski definition) is 1. The number of carboxylic acid groups (broad SMARTS) is 1. The Hall–Kier alpha value is -1.88. The lowest BCUT2D eigenvalue weighted by atomic mass is 10.2. The van der Waals surface area contributed by atoms with Crippen molar-refractivity contribution in [2.24, 2.45) is 0 Å². The number of hydrogen-bond acceptors (Lipinski definition) is 4. The molecule has 0 aliphatic heterocycles. The van der Waals surface area contributed by atoms with E-state index in [1.54, 1.807) is 17.6 Å². The Morgan fingerprint density at radius 3 is 3.00 bits per heavy atom. The van der Waals surface area contributed by atoms with Crippen LogP contribution in [0.3, 0.4) is 0 Å². The molecule has 4 nitrogen and oxygen atoms in total. The van der Waals surface area contributed by atoms with Crippen LogP contribution in [0, 0.1) is 6.92 Å². The van der Waals surface area contributed by atoms with E-state index in [0.717, 1.165) is 10.6 Å². The summed E-state index contributed by atoms with van der Waals surface area (Å²) in [5, 5.41) is 8.84. The summed E-state index contributed by atoms with van der Waals surface area (Å²) >= 11 is 1.53. The van der Waals surface area contributed by atoms with Gasteiger partial charge in [-0.3, -0.25) is 0 Å². The molecule has 88 valence electrons. The lowest BCUT2D eigenvalue weighted by molar-refractivity contribution is 0.0696. The molecule has 0 radical (unpaired) electrons. The molecule has 0 bridgehead atoms. The molecule has 0 spiro atoms. The van der Waals surface area contributed by atoms with Gasteiger partial charge in [0.05, 0.1) is 21.6 Å². The van der Waals surface area contributed by atoms with Gasteiger partial charge in [-0.05, 0) is 25.1 Å². The summed E-state index contributed by atoms with van der Waals surface area (Å²) in [6.45, 7) is 2.34. The zero-order valence-corrected chi connectivity index (χ0v) is 10.0. The Balaban J connectivity index is 2.07. The van der Waals surface area contributed by atoms with E-state index in [4.69, 9.17) is 9.84 Å². The average Bonchev–Trinajstić information content (AvgIpc) is 2.72. The van der Waals surface area contributed by atoms with Crippen LogP contribution in [0.25, 0.3) is 0 Å². The monoisotopic (exact) mass is 249 g/mol. The van der Waals surface area contributed by atoms with Crippen molar-refractivity contribution in [2.45, 2.75) is 13.5 Å². The van der Waals surface area contributed by atoms with Crippen LogP contribution in [0.1, 0.15) is 20.9 Å². The van der Waals surface area contributed by atoms with Gasteiger partial charge in [-0.1, -0.05) is 6.07 Å². The van der Waals surface area contributed by atoms with E-state index in [1.807, 2.05) is 6.92 Å². The number of ether oxygens (including phenoxy) is 1. The smallest absolute Gasteiger partial charge is 0.335 e. The van der Waals surface area contributed by atoms with E-state index < -0.39 is 5.97 Å². The first-order valence-corrected chi connectivity index (χ1v) is 5.90. The van der Waals surface area contributed by atoms with Crippen molar-refractivity contribution in [3.63, 3.8) is 0 Å². The molecule has 0 unspecified atom stereocenters. The van der Waals surface area contributed by atoms with Crippen molar-refractivity contribution in [1.29, 1.82) is 0 Å². The van der Waals surface area contributed by atoms with Gasteiger partial charge in [-0.25, -0.2) is 9.78 Å². The molecule has 0 saturated carbocycles. The Morgan fingerprint density at radius 1 is 1.53 bits per heavy atom. The third-order valence-corrected chi connectivity index (χ3v) is 3.20. The minimum atomic E-state index is -0.954. The Labute approximate surface area is 103 Å². The summed E-state index contributed by atoms with van der Waals surface area (Å²) in [4.78, 5) is 15.9. The van der Waals surface area contributed by atoms with E-state index in [1.165, 1.54) is 23.5 Å². The quantitative estimate of drug-likeness (QED) is 0.905. The normalized spacial score (nSPS) is 10.2. The Bertz CT molecular complexity index is 536. The van der Waals surface area contributed by atoms with Crippen molar-refractivity contribution in [1.82, 2.24) is 4.98 Å². The number of aromatic nitrogens is 1. The predicted octanol–water partition coefficient (Wildman–Crippen LogP) is 2.73. The molecular weight excluding hydrogens is 238 g/mol. The maximum atomic E-state index is 10.8. The van der Waals surface area contributed by atoms with E-state index >= 15 is 0 Å². The van der Waals surface area contributed by atoms with Gasteiger partial charge in [-0.2, -0.15) is 0 Å². The topological polar surface area (TPSA) is 59.4 Å². The van der Waals surface area contributed by atoms with Gasteiger partial charge in [-0.15, -0.1) is 11.3 Å². The Kier molecular flexibility index (Phi) is 3.39. The fraction of sp³-hybridized carbons (Fsp3) is 0.167. The molecule has 1 aromatic carbocycles. The molecule has 0 aliphatic carbocycles. The zero-order valence-electron chi connectivity index (χ0n) is 9.21. The molecular formula is C12H11NO3S. The largest absolute Gasteiger partial charge is 0.488 e. The molecule has 0 fully saturated rings. The molecule has 17 heavy (non-hydrogen) atoms. The van der Waals surface area contributed by atoms with Crippen LogP contribution in [0.2, 0.25) is 0 Å². The predicted molar refractivity (Wildman–Crippen MR) is 64.6 cm³/mol. The first-order chi connectivity index (χ1) is 8.16. The second kappa shape index (κ2) is 4.97. The summed E-state index contributed by atoms with van der Waals surface area (Å²) in [7, 11) is 0. The molecule has 1 N–H and O–H groups in total. The van der Waals surface area contributed by atoms with Gasteiger partial charge in [0.2, 0.25) is 0 Å². The molecule has 0 aliphatic rings. The van der Waals surface area contributed by atoms with Gasteiger partial charge in [0.15, 0.2) is 0 Å². The third kappa shape index (κ3) is 2.82. The van der Waals surface area contributed by atoms with E-state index in [-0.39, 0.29) is 5.56 Å². The number of carboxylic acids is 1. The van der Waals surface area contributed by atoms with Gasteiger partial charge in [0, 0.05) is 0 Å². The summed E-state index contributed by atoms with van der Waals surface area (Å²) < 4.78 is 5.53. The zero-order chi connectivity index (χ0) is 12.3. The molecule has 2 rings (SSSR count). The summed E-state index contributed by atoms with van der Waals surface area (Å²) in [5.74, 6) is -0.401. The summed E-state index contributed by atoms with van der Waals surface area (Å²) in [6.07, 6.45) is 0. The number of aromatic carboxylic acids is 1. The number of nitrogens with zero attached hydrogens (tertiary/aromatic N) is 1. The molecule has 0 atom stereocenters. The van der Waals surface area contributed by atoms with E-state index in [2.05, 4.69) is 4.98 Å². The molecule has 2 aromatic rings. The molecule has 1 aromatic heterocycles. The van der Waals surface area contributed by atoms with Crippen LogP contribution in [-0.4, -0.2) is 16.1 Å². The maximum Gasteiger partial charge on any atom is 0.335 e. The SMILES string of the molecule is Cc1ncsc1COc1cccc(C(=O)O)c1. The van der Waals surface area contributed by atoms with Crippen LogP contribution in [-0.2, 0) is 6.61 Å². The number of aryl methyl sites for hydroxylation is 1. The lowest BCUT2D eigenvalue weighted by Gasteiger charge is -2.05. The van der Waals surface area contributed by atoms with Gasteiger partial charge in [0.25, 0.3) is 0 Å². The van der Waals surface area contributed by atoms with Crippen LogP contribution in [0.15, 0.2) is 29.8 Å². The second-order valence-electron chi connectivity index (χ2n) is 3.48. The number of benzene rings is 1. The van der Waals surface area contributed by atoms with E-state index in [9.17, 15) is 4.79 Å². The van der Waals surface area contributed by atoms with Crippen molar-refractivity contribution < 1.29 is 14.6 Å². The summed E-state index contributed by atoms with van der Waals surface area (Å²) in [5.41, 5.74) is 2.94. The van der Waals surface area contributed by atoms with Crippen LogP contribution in [0.4, 0.5) is 0 Å². The van der Waals surface area contributed by atoms with Crippen molar-refractivity contribution in [2.75, 3.05) is 0 Å². The molecule has 0 saturated heterocycles. The number of carbonyl (C=O) groups is 1. The summed E-state index contributed by atoms with van der Waals surface area (Å²) in [6, 6.07) is 6.45. The third-order valence-electron chi connectivity index (χ3n) is 2.30. The number of thiazole rings is 1. The molecule has 5 heteroatoms.